The smallest absolute Gasteiger partial charge is 0.220 e. The molecule has 0 aliphatic rings. The van der Waals surface area contributed by atoms with Crippen LogP contribution in [0.4, 0.5) is 0 Å². The fourth-order valence-electron chi connectivity index (χ4n) is 3.64. The molecule has 1 N–H and O–H groups in total. The minimum atomic E-state index is 0.233. The van der Waals surface area contributed by atoms with Gasteiger partial charge in [-0.25, -0.2) is 0 Å². The van der Waals surface area contributed by atoms with Gasteiger partial charge in [0, 0.05) is 19.5 Å². The average Bonchev–Trinajstić information content (AvgIpc) is 2.68. The van der Waals surface area contributed by atoms with Crippen LogP contribution in [0, 0.1) is 0 Å². The first-order chi connectivity index (χ1) is 13.2. The van der Waals surface area contributed by atoms with Crippen LogP contribution in [0.25, 0.3) is 0 Å². The van der Waals surface area contributed by atoms with Crippen molar-refractivity contribution in [2.24, 2.45) is 0 Å². The van der Waals surface area contributed by atoms with Crippen molar-refractivity contribution in [2.75, 3.05) is 26.2 Å². The molecular formula is C24H50N2O. The van der Waals surface area contributed by atoms with Crippen LogP contribution in [0.5, 0.6) is 0 Å². The Morgan fingerprint density at radius 1 is 0.630 bits per heavy atom. The lowest BCUT2D eigenvalue weighted by atomic mass is 10.0. The summed E-state index contributed by atoms with van der Waals surface area (Å²) in [6.07, 6.45) is 21.2. The number of hydrogen-bond donors (Lipinski definition) is 1. The van der Waals surface area contributed by atoms with E-state index in [1.165, 1.54) is 89.9 Å². The van der Waals surface area contributed by atoms with Gasteiger partial charge in [-0.1, -0.05) is 111 Å². The standard InChI is InChI=1S/C24H50N2O/c1-4-7-8-9-10-11-12-13-14-15-16-17-18-19-20-21-24(27)25-22-23-26(5-2)6-3/h4-23H2,1-3H3,(H,25,27). The van der Waals surface area contributed by atoms with Gasteiger partial charge in [0.25, 0.3) is 0 Å². The average molecular weight is 383 g/mol. The van der Waals surface area contributed by atoms with Crippen molar-refractivity contribution in [1.29, 1.82) is 0 Å². The Kier molecular flexibility index (Phi) is 21.3. The Morgan fingerprint density at radius 3 is 1.44 bits per heavy atom. The number of unbranched alkanes of at least 4 members (excludes halogenated alkanes) is 14. The molecule has 0 bridgehead atoms. The van der Waals surface area contributed by atoms with Crippen LogP contribution in [-0.4, -0.2) is 37.0 Å². The Hall–Kier alpha value is -0.570. The van der Waals surface area contributed by atoms with Crippen LogP contribution in [0.15, 0.2) is 0 Å². The molecule has 0 aliphatic heterocycles. The number of amides is 1. The highest BCUT2D eigenvalue weighted by atomic mass is 16.1. The van der Waals surface area contributed by atoms with E-state index < -0.39 is 0 Å². The second-order valence-electron chi connectivity index (χ2n) is 8.08. The summed E-state index contributed by atoms with van der Waals surface area (Å²) in [7, 11) is 0. The summed E-state index contributed by atoms with van der Waals surface area (Å²) >= 11 is 0. The molecule has 0 heterocycles. The van der Waals surface area contributed by atoms with E-state index >= 15 is 0 Å². The number of hydrogen-bond acceptors (Lipinski definition) is 2. The minimum Gasteiger partial charge on any atom is -0.355 e. The van der Waals surface area contributed by atoms with E-state index in [9.17, 15) is 4.79 Å². The Morgan fingerprint density at radius 2 is 1.04 bits per heavy atom. The Balaban J connectivity index is 3.19. The predicted molar refractivity (Wildman–Crippen MR) is 120 cm³/mol. The van der Waals surface area contributed by atoms with Gasteiger partial charge in [-0.3, -0.25) is 4.79 Å². The summed E-state index contributed by atoms with van der Waals surface area (Å²) in [6.45, 7) is 10.5. The van der Waals surface area contributed by atoms with Gasteiger partial charge in [-0.05, 0) is 19.5 Å². The summed E-state index contributed by atoms with van der Waals surface area (Å²) in [5.41, 5.74) is 0. The quantitative estimate of drug-likeness (QED) is 0.224. The topological polar surface area (TPSA) is 32.3 Å². The molecule has 0 rings (SSSR count). The molecular weight excluding hydrogens is 332 g/mol. The summed E-state index contributed by atoms with van der Waals surface area (Å²) in [5.74, 6) is 0.233. The summed E-state index contributed by atoms with van der Waals surface area (Å²) in [4.78, 5) is 14.1. The van der Waals surface area contributed by atoms with Crippen molar-refractivity contribution in [3.05, 3.63) is 0 Å². The number of likely N-dealkylation sites (N-methyl/N-ethyl adjacent to an activating group) is 1. The van der Waals surface area contributed by atoms with E-state index in [-0.39, 0.29) is 5.91 Å². The zero-order chi connectivity index (χ0) is 20.0. The van der Waals surface area contributed by atoms with Crippen LogP contribution < -0.4 is 5.32 Å². The highest BCUT2D eigenvalue weighted by Gasteiger charge is 2.02. The molecule has 0 aromatic rings. The molecule has 0 radical (unpaired) electrons. The maximum absolute atomic E-state index is 11.8. The molecule has 0 aliphatic carbocycles. The van der Waals surface area contributed by atoms with Crippen molar-refractivity contribution in [2.45, 2.75) is 124 Å². The van der Waals surface area contributed by atoms with Gasteiger partial charge in [0.2, 0.25) is 5.91 Å². The van der Waals surface area contributed by atoms with E-state index in [4.69, 9.17) is 0 Å². The lowest BCUT2D eigenvalue weighted by molar-refractivity contribution is -0.121. The molecule has 0 atom stereocenters. The van der Waals surface area contributed by atoms with Crippen LogP contribution in [0.3, 0.4) is 0 Å². The van der Waals surface area contributed by atoms with Crippen molar-refractivity contribution in [3.8, 4) is 0 Å². The first-order valence-corrected chi connectivity index (χ1v) is 12.2. The Bertz CT molecular complexity index is 303. The molecule has 0 unspecified atom stereocenters. The molecule has 3 heteroatoms. The SMILES string of the molecule is CCCCCCCCCCCCCCCCCC(=O)NCCN(CC)CC. The molecule has 0 saturated heterocycles. The van der Waals surface area contributed by atoms with Crippen LogP contribution >= 0.6 is 0 Å². The molecule has 3 nitrogen and oxygen atoms in total. The van der Waals surface area contributed by atoms with E-state index in [1.54, 1.807) is 0 Å². The summed E-state index contributed by atoms with van der Waals surface area (Å²) in [6, 6.07) is 0. The van der Waals surface area contributed by atoms with E-state index in [0.717, 1.165) is 32.6 Å². The van der Waals surface area contributed by atoms with Crippen molar-refractivity contribution < 1.29 is 4.79 Å². The van der Waals surface area contributed by atoms with Crippen LogP contribution in [0.2, 0.25) is 0 Å². The zero-order valence-electron chi connectivity index (χ0n) is 19.0. The van der Waals surface area contributed by atoms with Gasteiger partial charge in [0.15, 0.2) is 0 Å². The van der Waals surface area contributed by atoms with Gasteiger partial charge in [-0.2, -0.15) is 0 Å². The van der Waals surface area contributed by atoms with Gasteiger partial charge >= 0.3 is 0 Å². The third-order valence-electron chi connectivity index (χ3n) is 5.65. The van der Waals surface area contributed by atoms with E-state index in [0.29, 0.717) is 6.42 Å². The van der Waals surface area contributed by atoms with Crippen molar-refractivity contribution in [3.63, 3.8) is 0 Å². The fraction of sp³-hybridized carbons (Fsp3) is 0.958. The molecule has 0 saturated carbocycles. The maximum Gasteiger partial charge on any atom is 0.220 e. The molecule has 27 heavy (non-hydrogen) atoms. The molecule has 0 spiro atoms. The number of carbonyl (C=O) groups excluding carboxylic acids is 1. The highest BCUT2D eigenvalue weighted by molar-refractivity contribution is 5.75. The molecule has 0 aromatic carbocycles. The summed E-state index contributed by atoms with van der Waals surface area (Å²) < 4.78 is 0. The molecule has 1 amide bonds. The van der Waals surface area contributed by atoms with E-state index in [2.05, 4.69) is 31.0 Å². The number of rotatable bonds is 21. The number of nitrogens with one attached hydrogen (secondary N) is 1. The van der Waals surface area contributed by atoms with Gasteiger partial charge in [-0.15, -0.1) is 0 Å². The molecule has 0 aromatic heterocycles. The van der Waals surface area contributed by atoms with Crippen LogP contribution in [-0.2, 0) is 4.79 Å². The predicted octanol–water partition coefficient (Wildman–Crippen LogP) is 6.71. The second kappa shape index (κ2) is 21.7. The number of carbonyl (C=O) groups is 1. The third-order valence-corrected chi connectivity index (χ3v) is 5.65. The Labute approximate surface area is 171 Å². The monoisotopic (exact) mass is 382 g/mol. The lowest BCUT2D eigenvalue weighted by Gasteiger charge is -2.17. The normalized spacial score (nSPS) is 11.3. The maximum atomic E-state index is 11.8. The third kappa shape index (κ3) is 20.0. The minimum absolute atomic E-state index is 0.233. The first-order valence-electron chi connectivity index (χ1n) is 12.2. The second-order valence-corrected chi connectivity index (χ2v) is 8.08. The zero-order valence-corrected chi connectivity index (χ0v) is 19.0. The van der Waals surface area contributed by atoms with Gasteiger partial charge in [0.05, 0.1) is 0 Å². The van der Waals surface area contributed by atoms with Gasteiger partial charge in [0.1, 0.15) is 0 Å². The van der Waals surface area contributed by atoms with Gasteiger partial charge < -0.3 is 10.2 Å². The van der Waals surface area contributed by atoms with Crippen molar-refractivity contribution in [1.82, 2.24) is 10.2 Å². The molecule has 0 fully saturated rings. The first kappa shape index (κ1) is 26.4. The van der Waals surface area contributed by atoms with E-state index in [1.807, 2.05) is 0 Å². The largest absolute Gasteiger partial charge is 0.355 e. The summed E-state index contributed by atoms with van der Waals surface area (Å²) in [5, 5.41) is 3.05. The fourth-order valence-corrected chi connectivity index (χ4v) is 3.64. The van der Waals surface area contributed by atoms with Crippen LogP contribution in [0.1, 0.15) is 124 Å². The lowest BCUT2D eigenvalue weighted by Crippen LogP contribution is -2.34. The van der Waals surface area contributed by atoms with Crippen molar-refractivity contribution >= 4 is 5.91 Å². The number of nitrogens with zero attached hydrogens (tertiary/aromatic N) is 1. The highest BCUT2D eigenvalue weighted by Crippen LogP contribution is 2.13. The molecule has 162 valence electrons.